The molecule has 6 nitrogen and oxygen atoms in total. The van der Waals surface area contributed by atoms with Crippen LogP contribution in [-0.2, 0) is 14.9 Å². The quantitative estimate of drug-likeness (QED) is 0.491. The molecule has 8 heteroatoms. The van der Waals surface area contributed by atoms with Gasteiger partial charge in [-0.1, -0.05) is 16.1 Å². The molecule has 0 aliphatic rings. The summed E-state index contributed by atoms with van der Waals surface area (Å²) >= 11 is 5.77. The molecule has 1 aromatic rings. The first-order valence-electron chi connectivity index (χ1n) is 4.70. The van der Waals surface area contributed by atoms with Crippen LogP contribution in [0.5, 0.6) is 5.75 Å². The van der Waals surface area contributed by atoms with Crippen molar-refractivity contribution in [2.24, 2.45) is 0 Å². The lowest BCUT2D eigenvalue weighted by molar-refractivity contribution is -0.0443. The summed E-state index contributed by atoms with van der Waals surface area (Å²) in [6, 6.07) is 2.62. The molecule has 0 aromatic heterocycles. The Morgan fingerprint density at radius 1 is 1.53 bits per heavy atom. The number of hydrogen-bond acceptors (Lipinski definition) is 5. The van der Waals surface area contributed by atoms with Crippen molar-refractivity contribution in [3.63, 3.8) is 0 Å². The van der Waals surface area contributed by atoms with Gasteiger partial charge in [0, 0.05) is 6.54 Å². The van der Waals surface area contributed by atoms with E-state index in [9.17, 15) is 13.5 Å². The number of nitrogens with two attached hydrogens (primary N) is 1. The average molecular weight is 281 g/mol. The van der Waals surface area contributed by atoms with Gasteiger partial charge in [0.05, 0.1) is 17.8 Å². The van der Waals surface area contributed by atoms with Crippen molar-refractivity contribution in [2.45, 2.75) is 11.8 Å². The number of hydroxylamine groups is 1. The Morgan fingerprint density at radius 2 is 2.12 bits per heavy atom. The number of phenols is 1. The summed E-state index contributed by atoms with van der Waals surface area (Å²) in [4.78, 5) is 4.25. The summed E-state index contributed by atoms with van der Waals surface area (Å²) in [6.45, 7) is 1.65. The van der Waals surface area contributed by atoms with Gasteiger partial charge >= 0.3 is 0 Å². The fourth-order valence-electron chi connectivity index (χ4n) is 1.31. The van der Waals surface area contributed by atoms with Crippen LogP contribution < -0.4 is 5.73 Å². The van der Waals surface area contributed by atoms with Crippen molar-refractivity contribution in [3.8, 4) is 5.75 Å². The molecule has 0 atom stereocenters. The van der Waals surface area contributed by atoms with Gasteiger partial charge in [0.2, 0.25) is 0 Å². The Morgan fingerprint density at radius 3 is 2.59 bits per heavy atom. The summed E-state index contributed by atoms with van der Waals surface area (Å²) < 4.78 is 24.9. The summed E-state index contributed by atoms with van der Waals surface area (Å²) in [5, 5.41) is 9.56. The summed E-state index contributed by atoms with van der Waals surface area (Å²) in [5.41, 5.74) is 5.37. The highest BCUT2D eigenvalue weighted by Crippen LogP contribution is 2.36. The molecule has 1 rings (SSSR count). The topological polar surface area (TPSA) is 92.9 Å². The maximum atomic E-state index is 12.1. The Hall–Kier alpha value is -1.02. The minimum Gasteiger partial charge on any atom is -0.504 e. The van der Waals surface area contributed by atoms with E-state index in [2.05, 4.69) is 0 Å². The first-order chi connectivity index (χ1) is 7.86. The van der Waals surface area contributed by atoms with Gasteiger partial charge in [0.15, 0.2) is 5.75 Å². The lowest BCUT2D eigenvalue weighted by atomic mass is 10.3. The maximum Gasteiger partial charge on any atom is 0.270 e. The van der Waals surface area contributed by atoms with E-state index in [1.165, 1.54) is 19.2 Å². The molecule has 96 valence electrons. The molecule has 0 saturated heterocycles. The Labute approximate surface area is 105 Å². The third-order valence-electron chi connectivity index (χ3n) is 2.10. The van der Waals surface area contributed by atoms with Crippen molar-refractivity contribution >= 4 is 27.3 Å². The van der Waals surface area contributed by atoms with Crippen molar-refractivity contribution in [3.05, 3.63) is 17.2 Å². The van der Waals surface area contributed by atoms with Gasteiger partial charge < -0.3 is 10.8 Å². The van der Waals surface area contributed by atoms with Crippen molar-refractivity contribution in [2.75, 3.05) is 19.4 Å². The van der Waals surface area contributed by atoms with E-state index in [1.54, 1.807) is 6.92 Å². The van der Waals surface area contributed by atoms with Crippen molar-refractivity contribution < 1.29 is 18.4 Å². The maximum absolute atomic E-state index is 12.1. The van der Waals surface area contributed by atoms with Gasteiger partial charge in [-0.05, 0) is 19.1 Å². The molecule has 17 heavy (non-hydrogen) atoms. The molecule has 0 bridgehead atoms. The molecule has 0 aliphatic heterocycles. The fourth-order valence-corrected chi connectivity index (χ4v) is 3.17. The second kappa shape index (κ2) is 5.09. The summed E-state index contributed by atoms with van der Waals surface area (Å²) in [5.74, 6) is -0.576. The molecular formula is C9H13ClN2O4S. The normalized spacial score (nSPS) is 12.0. The van der Waals surface area contributed by atoms with Gasteiger partial charge in [0.1, 0.15) is 4.90 Å². The van der Waals surface area contributed by atoms with Crippen LogP contribution in [0.3, 0.4) is 0 Å². The van der Waals surface area contributed by atoms with Crippen LogP contribution in [0.2, 0.25) is 5.02 Å². The van der Waals surface area contributed by atoms with Crippen LogP contribution in [-0.4, -0.2) is 31.6 Å². The van der Waals surface area contributed by atoms with Crippen LogP contribution in [0.1, 0.15) is 6.92 Å². The average Bonchev–Trinajstić information content (AvgIpc) is 2.25. The van der Waals surface area contributed by atoms with Crippen LogP contribution in [0, 0.1) is 0 Å². The number of nitrogens with zero attached hydrogens (tertiary/aromatic N) is 1. The minimum atomic E-state index is -4.04. The number of anilines is 1. The number of halogens is 1. The Balaban J connectivity index is 3.48. The van der Waals surface area contributed by atoms with Crippen LogP contribution >= 0.6 is 11.6 Å². The monoisotopic (exact) mass is 280 g/mol. The second-order valence-corrected chi connectivity index (χ2v) is 5.29. The Kier molecular flexibility index (Phi) is 4.21. The molecule has 0 unspecified atom stereocenters. The van der Waals surface area contributed by atoms with Crippen LogP contribution in [0.25, 0.3) is 0 Å². The first-order valence-corrected chi connectivity index (χ1v) is 6.51. The van der Waals surface area contributed by atoms with E-state index in [0.717, 1.165) is 0 Å². The standard InChI is InChI=1S/C9H13ClN2O4S/c1-3-12(16-2)17(14,15)9-6(10)4-5-7(11)8(9)13/h4-5,13H,3,11H2,1-2H3. The summed E-state index contributed by atoms with van der Waals surface area (Å²) in [6.07, 6.45) is 0. The highest BCUT2D eigenvalue weighted by Gasteiger charge is 2.30. The number of hydrogen-bond donors (Lipinski definition) is 2. The number of aromatic hydroxyl groups is 1. The zero-order chi connectivity index (χ0) is 13.2. The van der Waals surface area contributed by atoms with Gasteiger partial charge in [-0.15, -0.1) is 0 Å². The lowest BCUT2D eigenvalue weighted by Gasteiger charge is -2.19. The minimum absolute atomic E-state index is 0.0693. The largest absolute Gasteiger partial charge is 0.504 e. The fraction of sp³-hybridized carbons (Fsp3) is 0.333. The lowest BCUT2D eigenvalue weighted by Crippen LogP contribution is -2.30. The number of rotatable bonds is 4. The van der Waals surface area contributed by atoms with Crippen molar-refractivity contribution in [1.82, 2.24) is 4.47 Å². The number of benzene rings is 1. The molecule has 1 aromatic carbocycles. The van der Waals surface area contributed by atoms with E-state index in [1.807, 2.05) is 0 Å². The van der Waals surface area contributed by atoms with E-state index < -0.39 is 20.7 Å². The van der Waals surface area contributed by atoms with E-state index >= 15 is 0 Å². The zero-order valence-corrected chi connectivity index (χ0v) is 10.9. The molecule has 0 saturated carbocycles. The summed E-state index contributed by atoms with van der Waals surface area (Å²) in [7, 11) is -2.83. The predicted octanol–water partition coefficient (Wildman–Crippen LogP) is 1.20. The van der Waals surface area contributed by atoms with Gasteiger partial charge in [-0.2, -0.15) is 0 Å². The smallest absolute Gasteiger partial charge is 0.270 e. The molecule has 0 fully saturated rings. The van der Waals surface area contributed by atoms with Crippen molar-refractivity contribution in [1.29, 1.82) is 0 Å². The Bertz CT molecular complexity index is 514. The van der Waals surface area contributed by atoms with Gasteiger partial charge in [0.25, 0.3) is 10.0 Å². The highest BCUT2D eigenvalue weighted by molar-refractivity contribution is 7.89. The van der Waals surface area contributed by atoms with E-state index in [-0.39, 0.29) is 17.3 Å². The molecule has 0 amide bonds. The molecule has 0 spiro atoms. The van der Waals surface area contributed by atoms with Gasteiger partial charge in [-0.25, -0.2) is 8.42 Å². The second-order valence-electron chi connectivity index (χ2n) is 3.12. The van der Waals surface area contributed by atoms with Crippen LogP contribution in [0.15, 0.2) is 17.0 Å². The number of phenolic OH excluding ortho intramolecular Hbond substituents is 1. The molecule has 0 radical (unpaired) electrons. The predicted molar refractivity (Wildman–Crippen MR) is 64.1 cm³/mol. The highest BCUT2D eigenvalue weighted by atomic mass is 35.5. The van der Waals surface area contributed by atoms with E-state index in [4.69, 9.17) is 22.2 Å². The molecule has 0 aliphatic carbocycles. The SMILES string of the molecule is CCN(OC)S(=O)(=O)c1c(Cl)ccc(N)c1O. The first kappa shape index (κ1) is 14.0. The van der Waals surface area contributed by atoms with Crippen LogP contribution in [0.4, 0.5) is 5.69 Å². The third-order valence-corrected chi connectivity index (χ3v) is 4.40. The van der Waals surface area contributed by atoms with E-state index in [0.29, 0.717) is 4.47 Å². The third kappa shape index (κ3) is 2.47. The molecule has 3 N–H and O–H groups in total. The molecule has 0 heterocycles. The molecular weight excluding hydrogens is 268 g/mol. The van der Waals surface area contributed by atoms with Gasteiger partial charge in [-0.3, -0.25) is 4.84 Å². The zero-order valence-electron chi connectivity index (χ0n) is 9.34. The number of nitrogen functional groups attached to an aromatic ring is 1. The number of sulfonamides is 1.